The summed E-state index contributed by atoms with van der Waals surface area (Å²) >= 11 is 0. The average molecular weight is 287 g/mol. The van der Waals surface area contributed by atoms with E-state index in [0.29, 0.717) is 6.42 Å². The van der Waals surface area contributed by atoms with E-state index < -0.39 is 29.4 Å². The van der Waals surface area contributed by atoms with Crippen LogP contribution in [0.1, 0.15) is 26.7 Å². The Kier molecular flexibility index (Phi) is 5.10. The number of carboxylic acids is 2. The molecule has 0 aromatic rings. The molecule has 0 aliphatic carbocycles. The maximum atomic E-state index is 12.4. The van der Waals surface area contributed by atoms with Gasteiger partial charge in [-0.25, -0.2) is 0 Å². The number of hydrogen-bond acceptors (Lipinski definition) is 4. The molecule has 7 nitrogen and oxygen atoms in total. The van der Waals surface area contributed by atoms with Crippen LogP contribution in [0.15, 0.2) is 0 Å². The number of piperidine rings is 1. The van der Waals surface area contributed by atoms with Crippen molar-refractivity contribution in [2.24, 2.45) is 11.8 Å². The number of rotatable bonds is 5. The highest BCUT2D eigenvalue weighted by atomic mass is 16.5. The normalized spacial score (nSPS) is 25.9. The van der Waals surface area contributed by atoms with Crippen molar-refractivity contribution in [2.75, 3.05) is 20.2 Å². The summed E-state index contributed by atoms with van der Waals surface area (Å²) in [5.74, 6) is -4.65. The summed E-state index contributed by atoms with van der Waals surface area (Å²) in [5.41, 5.74) is -1.00. The van der Waals surface area contributed by atoms with Crippen LogP contribution < -0.4 is 0 Å². The van der Waals surface area contributed by atoms with E-state index >= 15 is 0 Å². The van der Waals surface area contributed by atoms with E-state index in [0.717, 1.165) is 0 Å². The smallest absolute Gasteiger partial charge is 0.309 e. The number of nitrogens with zero attached hydrogens (tertiary/aromatic N) is 1. The Labute approximate surface area is 117 Å². The molecule has 20 heavy (non-hydrogen) atoms. The molecule has 0 spiro atoms. The molecule has 1 aliphatic rings. The fraction of sp³-hybridized carbons (Fsp3) is 0.769. The van der Waals surface area contributed by atoms with Gasteiger partial charge in [-0.2, -0.15) is 0 Å². The van der Waals surface area contributed by atoms with Crippen molar-refractivity contribution in [2.45, 2.75) is 32.3 Å². The molecule has 1 saturated heterocycles. The lowest BCUT2D eigenvalue weighted by atomic mass is 9.84. The first-order valence-electron chi connectivity index (χ1n) is 6.57. The first kappa shape index (κ1) is 16.4. The zero-order valence-electron chi connectivity index (χ0n) is 12.0. The molecule has 1 heterocycles. The molecule has 0 bridgehead atoms. The first-order chi connectivity index (χ1) is 9.26. The van der Waals surface area contributed by atoms with Crippen LogP contribution in [0.2, 0.25) is 0 Å². The van der Waals surface area contributed by atoms with Gasteiger partial charge in [-0.3, -0.25) is 14.4 Å². The van der Waals surface area contributed by atoms with Gasteiger partial charge in [0.25, 0.3) is 5.91 Å². The van der Waals surface area contributed by atoms with Crippen molar-refractivity contribution in [3.63, 3.8) is 0 Å². The van der Waals surface area contributed by atoms with E-state index in [1.807, 2.05) is 0 Å². The molecule has 1 rings (SSSR count). The third-order valence-electron chi connectivity index (χ3n) is 4.11. The SMILES string of the molecule is CCC(C)(OC)C(=O)N1CCC(C(=O)O)C(C(=O)O)C1. The maximum Gasteiger partial charge on any atom is 0.309 e. The lowest BCUT2D eigenvalue weighted by Gasteiger charge is -2.39. The van der Waals surface area contributed by atoms with Crippen molar-refractivity contribution in [3.05, 3.63) is 0 Å². The zero-order valence-corrected chi connectivity index (χ0v) is 12.0. The summed E-state index contributed by atoms with van der Waals surface area (Å²) in [5, 5.41) is 18.2. The first-order valence-corrected chi connectivity index (χ1v) is 6.57. The largest absolute Gasteiger partial charge is 0.481 e. The minimum absolute atomic E-state index is 0.0932. The van der Waals surface area contributed by atoms with Gasteiger partial charge in [0.2, 0.25) is 0 Å². The molecule has 1 amide bonds. The van der Waals surface area contributed by atoms with Crippen molar-refractivity contribution >= 4 is 17.8 Å². The van der Waals surface area contributed by atoms with Crippen LogP contribution in [0.5, 0.6) is 0 Å². The van der Waals surface area contributed by atoms with Gasteiger partial charge < -0.3 is 19.8 Å². The lowest BCUT2D eigenvalue weighted by molar-refractivity contribution is -0.165. The van der Waals surface area contributed by atoms with Crippen molar-refractivity contribution < 1.29 is 29.3 Å². The number of carboxylic acid groups (broad SMARTS) is 2. The molecule has 3 unspecified atom stereocenters. The Hall–Kier alpha value is -1.63. The van der Waals surface area contributed by atoms with E-state index in [1.54, 1.807) is 13.8 Å². The number of amides is 1. The predicted octanol–water partition coefficient (Wildman–Crippen LogP) is 0.435. The minimum atomic E-state index is -1.19. The summed E-state index contributed by atoms with van der Waals surface area (Å²) in [6.07, 6.45) is 0.598. The van der Waals surface area contributed by atoms with Crippen LogP contribution in [0, 0.1) is 11.8 Å². The van der Waals surface area contributed by atoms with Crippen LogP contribution in [0.25, 0.3) is 0 Å². The quantitative estimate of drug-likeness (QED) is 0.760. The standard InChI is InChI=1S/C13H21NO6/c1-4-13(2,20-3)12(19)14-6-5-8(10(15)16)9(7-14)11(17)18/h8-9H,4-7H2,1-3H3,(H,15,16)(H,17,18). The summed E-state index contributed by atoms with van der Waals surface area (Å²) in [4.78, 5) is 36.0. The Morgan fingerprint density at radius 3 is 2.20 bits per heavy atom. The summed E-state index contributed by atoms with van der Waals surface area (Å²) < 4.78 is 5.22. The van der Waals surface area contributed by atoms with E-state index in [2.05, 4.69) is 0 Å². The number of methoxy groups -OCH3 is 1. The third kappa shape index (κ3) is 3.09. The van der Waals surface area contributed by atoms with Gasteiger partial charge in [0.05, 0.1) is 11.8 Å². The molecule has 7 heteroatoms. The highest BCUT2D eigenvalue weighted by Gasteiger charge is 2.43. The Morgan fingerprint density at radius 2 is 1.80 bits per heavy atom. The predicted molar refractivity (Wildman–Crippen MR) is 69.2 cm³/mol. The fourth-order valence-corrected chi connectivity index (χ4v) is 2.40. The number of aliphatic carboxylic acids is 2. The van der Waals surface area contributed by atoms with E-state index in [-0.39, 0.29) is 25.4 Å². The molecule has 0 saturated carbocycles. The van der Waals surface area contributed by atoms with Gasteiger partial charge in [-0.1, -0.05) is 6.92 Å². The second-order valence-electron chi connectivity index (χ2n) is 5.22. The van der Waals surface area contributed by atoms with Gasteiger partial charge in [-0.15, -0.1) is 0 Å². The van der Waals surface area contributed by atoms with Gasteiger partial charge in [0, 0.05) is 20.2 Å². The lowest BCUT2D eigenvalue weighted by Crippen LogP contribution is -2.55. The number of ether oxygens (including phenoxy) is 1. The summed E-state index contributed by atoms with van der Waals surface area (Å²) in [6.45, 7) is 3.59. The molecule has 114 valence electrons. The number of carbonyl (C=O) groups is 3. The topological polar surface area (TPSA) is 104 Å². The van der Waals surface area contributed by atoms with Crippen molar-refractivity contribution in [1.82, 2.24) is 4.90 Å². The summed E-state index contributed by atoms with van der Waals surface area (Å²) in [7, 11) is 1.43. The minimum Gasteiger partial charge on any atom is -0.481 e. The Bertz CT molecular complexity index is 404. The molecular weight excluding hydrogens is 266 g/mol. The van der Waals surface area contributed by atoms with Crippen molar-refractivity contribution in [1.29, 1.82) is 0 Å². The number of carbonyl (C=O) groups excluding carboxylic acids is 1. The highest BCUT2D eigenvalue weighted by molar-refractivity contribution is 5.87. The second-order valence-corrected chi connectivity index (χ2v) is 5.22. The zero-order chi connectivity index (χ0) is 15.5. The van der Waals surface area contributed by atoms with Crippen LogP contribution >= 0.6 is 0 Å². The summed E-state index contributed by atoms with van der Waals surface area (Å²) in [6, 6.07) is 0. The monoisotopic (exact) mass is 287 g/mol. The van der Waals surface area contributed by atoms with Crippen LogP contribution in [0.3, 0.4) is 0 Å². The van der Waals surface area contributed by atoms with Crippen LogP contribution in [-0.4, -0.2) is 58.8 Å². The van der Waals surface area contributed by atoms with E-state index in [4.69, 9.17) is 14.9 Å². The van der Waals surface area contributed by atoms with Crippen LogP contribution in [-0.2, 0) is 19.1 Å². The molecule has 1 aliphatic heterocycles. The van der Waals surface area contributed by atoms with Gasteiger partial charge in [0.15, 0.2) is 0 Å². The van der Waals surface area contributed by atoms with Crippen molar-refractivity contribution in [3.8, 4) is 0 Å². The molecule has 0 radical (unpaired) electrons. The van der Waals surface area contributed by atoms with Gasteiger partial charge in [0.1, 0.15) is 5.60 Å². The molecular formula is C13H21NO6. The van der Waals surface area contributed by atoms with E-state index in [1.165, 1.54) is 12.0 Å². The van der Waals surface area contributed by atoms with E-state index in [9.17, 15) is 14.4 Å². The third-order valence-corrected chi connectivity index (χ3v) is 4.11. The molecule has 0 aromatic heterocycles. The van der Waals surface area contributed by atoms with Crippen LogP contribution in [0.4, 0.5) is 0 Å². The molecule has 1 fully saturated rings. The Balaban J connectivity index is 2.89. The van der Waals surface area contributed by atoms with Gasteiger partial charge in [-0.05, 0) is 19.8 Å². The Morgan fingerprint density at radius 1 is 1.25 bits per heavy atom. The fourth-order valence-electron chi connectivity index (χ4n) is 2.40. The molecule has 2 N–H and O–H groups in total. The molecule has 3 atom stereocenters. The highest BCUT2D eigenvalue weighted by Crippen LogP contribution is 2.27. The van der Waals surface area contributed by atoms with Gasteiger partial charge >= 0.3 is 11.9 Å². The average Bonchev–Trinajstić information content (AvgIpc) is 2.44. The number of hydrogen-bond donors (Lipinski definition) is 2. The second kappa shape index (κ2) is 6.21. The molecule has 0 aromatic carbocycles. The number of likely N-dealkylation sites (tertiary alicyclic amines) is 1. The maximum absolute atomic E-state index is 12.4.